The van der Waals surface area contributed by atoms with Gasteiger partial charge in [0.2, 0.25) is 5.91 Å². The molecule has 108 valence electrons. The van der Waals surface area contributed by atoms with Gasteiger partial charge in [-0.3, -0.25) is 9.59 Å². The molecule has 21 heavy (non-hydrogen) atoms. The molecule has 0 saturated heterocycles. The normalized spacial score (nSPS) is 10.0. The molecule has 0 unspecified atom stereocenters. The highest BCUT2D eigenvalue weighted by Crippen LogP contribution is 2.21. The summed E-state index contributed by atoms with van der Waals surface area (Å²) in [6.45, 7) is 3.33. The molecule has 0 heterocycles. The van der Waals surface area contributed by atoms with Gasteiger partial charge in [0.05, 0.1) is 0 Å². The van der Waals surface area contributed by atoms with Crippen LogP contribution in [0.15, 0.2) is 42.5 Å². The molecule has 2 rings (SSSR count). The number of nitrogens with one attached hydrogen (secondary N) is 2. The van der Waals surface area contributed by atoms with Crippen LogP contribution in [-0.4, -0.2) is 11.8 Å². The fourth-order valence-corrected chi connectivity index (χ4v) is 1.91. The average molecular weight is 283 g/mol. The quantitative estimate of drug-likeness (QED) is 0.757. The van der Waals surface area contributed by atoms with Gasteiger partial charge in [0, 0.05) is 29.5 Å². The Balaban J connectivity index is 2.19. The smallest absolute Gasteiger partial charge is 0.255 e. The molecule has 0 aromatic heterocycles. The molecule has 0 aliphatic carbocycles. The lowest BCUT2D eigenvalue weighted by Crippen LogP contribution is -2.13. The zero-order chi connectivity index (χ0) is 15.4. The number of benzene rings is 2. The second kappa shape index (κ2) is 6.09. The van der Waals surface area contributed by atoms with Gasteiger partial charge in [-0.15, -0.1) is 0 Å². The van der Waals surface area contributed by atoms with E-state index in [1.54, 1.807) is 36.4 Å². The molecular weight excluding hydrogens is 266 g/mol. The molecule has 0 spiro atoms. The summed E-state index contributed by atoms with van der Waals surface area (Å²) in [6, 6.07) is 12.1. The van der Waals surface area contributed by atoms with Crippen molar-refractivity contribution in [3.8, 4) is 0 Å². The number of hydrogen-bond acceptors (Lipinski definition) is 3. The van der Waals surface area contributed by atoms with Crippen LogP contribution in [0.4, 0.5) is 17.1 Å². The van der Waals surface area contributed by atoms with Crippen LogP contribution in [0.2, 0.25) is 0 Å². The van der Waals surface area contributed by atoms with E-state index in [0.717, 1.165) is 5.56 Å². The van der Waals surface area contributed by atoms with Crippen molar-refractivity contribution >= 4 is 28.9 Å². The first kappa shape index (κ1) is 14.6. The highest BCUT2D eigenvalue weighted by Gasteiger charge is 2.08. The fourth-order valence-electron chi connectivity index (χ4n) is 1.91. The van der Waals surface area contributed by atoms with E-state index in [2.05, 4.69) is 10.6 Å². The number of amides is 2. The topological polar surface area (TPSA) is 84.2 Å². The van der Waals surface area contributed by atoms with E-state index < -0.39 is 0 Å². The van der Waals surface area contributed by atoms with Crippen molar-refractivity contribution in [1.82, 2.24) is 0 Å². The summed E-state index contributed by atoms with van der Waals surface area (Å²) < 4.78 is 0. The van der Waals surface area contributed by atoms with Crippen molar-refractivity contribution in [1.29, 1.82) is 0 Å². The van der Waals surface area contributed by atoms with Gasteiger partial charge in [0.1, 0.15) is 0 Å². The Bertz CT molecular complexity index is 696. The van der Waals surface area contributed by atoms with E-state index in [-0.39, 0.29) is 11.8 Å². The number of hydrogen-bond donors (Lipinski definition) is 3. The lowest BCUT2D eigenvalue weighted by molar-refractivity contribution is -0.114. The second-order valence-electron chi connectivity index (χ2n) is 4.79. The summed E-state index contributed by atoms with van der Waals surface area (Å²) in [5, 5.41) is 5.51. The van der Waals surface area contributed by atoms with Gasteiger partial charge in [-0.25, -0.2) is 0 Å². The van der Waals surface area contributed by atoms with Gasteiger partial charge in [0.15, 0.2) is 0 Å². The maximum Gasteiger partial charge on any atom is 0.255 e. The van der Waals surface area contributed by atoms with Crippen LogP contribution in [-0.2, 0) is 4.79 Å². The van der Waals surface area contributed by atoms with Crippen molar-refractivity contribution in [2.45, 2.75) is 13.8 Å². The molecule has 2 aromatic carbocycles. The Morgan fingerprint density at radius 1 is 1.05 bits per heavy atom. The largest absolute Gasteiger partial charge is 0.399 e. The van der Waals surface area contributed by atoms with E-state index in [1.807, 2.05) is 13.0 Å². The first-order chi connectivity index (χ1) is 9.95. The van der Waals surface area contributed by atoms with Crippen molar-refractivity contribution in [3.05, 3.63) is 53.6 Å². The number of carbonyl (C=O) groups excluding carboxylic acids is 2. The minimum atomic E-state index is -0.250. The van der Waals surface area contributed by atoms with E-state index in [0.29, 0.717) is 22.6 Å². The average Bonchev–Trinajstić information content (AvgIpc) is 2.42. The predicted molar refractivity (Wildman–Crippen MR) is 84.3 cm³/mol. The number of nitrogen functional groups attached to an aromatic ring is 1. The summed E-state index contributed by atoms with van der Waals surface area (Å²) >= 11 is 0. The van der Waals surface area contributed by atoms with Crippen LogP contribution in [0.3, 0.4) is 0 Å². The molecule has 0 atom stereocenters. The molecule has 0 radical (unpaired) electrons. The van der Waals surface area contributed by atoms with Gasteiger partial charge < -0.3 is 16.4 Å². The maximum atomic E-state index is 12.1. The molecule has 5 nitrogen and oxygen atoms in total. The predicted octanol–water partition coefficient (Wildman–Crippen LogP) is 2.79. The molecule has 0 bridgehead atoms. The molecule has 5 heteroatoms. The van der Waals surface area contributed by atoms with Gasteiger partial charge in [-0.2, -0.15) is 0 Å². The third kappa shape index (κ3) is 3.82. The van der Waals surface area contributed by atoms with Crippen molar-refractivity contribution in [2.75, 3.05) is 16.4 Å². The number of nitrogens with two attached hydrogens (primary N) is 1. The summed E-state index contributed by atoms with van der Waals surface area (Å²) in [4.78, 5) is 23.3. The summed E-state index contributed by atoms with van der Waals surface area (Å²) in [5.41, 5.74) is 8.88. The van der Waals surface area contributed by atoms with Gasteiger partial charge in [-0.1, -0.05) is 12.1 Å². The highest BCUT2D eigenvalue weighted by molar-refractivity contribution is 6.05. The number of carbonyl (C=O) groups is 2. The summed E-state index contributed by atoms with van der Waals surface area (Å²) in [7, 11) is 0. The second-order valence-corrected chi connectivity index (χ2v) is 4.79. The Labute approximate surface area is 123 Å². The number of aryl methyl sites for hydroxylation is 1. The number of rotatable bonds is 3. The van der Waals surface area contributed by atoms with Crippen LogP contribution in [0.5, 0.6) is 0 Å². The van der Waals surface area contributed by atoms with Crippen molar-refractivity contribution in [3.63, 3.8) is 0 Å². The third-order valence-electron chi connectivity index (χ3n) is 2.95. The van der Waals surface area contributed by atoms with E-state index >= 15 is 0 Å². The van der Waals surface area contributed by atoms with Crippen LogP contribution < -0.4 is 16.4 Å². The molecule has 0 aliphatic rings. The minimum absolute atomic E-state index is 0.155. The van der Waals surface area contributed by atoms with E-state index in [1.165, 1.54) is 6.92 Å². The Hall–Kier alpha value is -2.82. The molecule has 0 aliphatic heterocycles. The highest BCUT2D eigenvalue weighted by atomic mass is 16.2. The maximum absolute atomic E-state index is 12.1. The van der Waals surface area contributed by atoms with Gasteiger partial charge >= 0.3 is 0 Å². The SMILES string of the molecule is CC(=O)Nc1cc(NC(=O)c2cccc(N)c2)ccc1C. The monoisotopic (exact) mass is 283 g/mol. The van der Waals surface area contributed by atoms with Crippen molar-refractivity contribution in [2.24, 2.45) is 0 Å². The van der Waals surface area contributed by atoms with Crippen LogP contribution in [0, 0.1) is 6.92 Å². The van der Waals surface area contributed by atoms with E-state index in [9.17, 15) is 9.59 Å². The molecule has 0 saturated carbocycles. The van der Waals surface area contributed by atoms with Gasteiger partial charge in [-0.05, 0) is 42.8 Å². The zero-order valence-corrected chi connectivity index (χ0v) is 11.9. The Morgan fingerprint density at radius 3 is 2.48 bits per heavy atom. The number of anilines is 3. The Kier molecular flexibility index (Phi) is 4.23. The van der Waals surface area contributed by atoms with Crippen LogP contribution in [0.1, 0.15) is 22.8 Å². The molecular formula is C16H17N3O2. The molecule has 2 aromatic rings. The lowest BCUT2D eigenvalue weighted by atomic mass is 10.1. The fraction of sp³-hybridized carbons (Fsp3) is 0.125. The molecule has 2 amide bonds. The third-order valence-corrected chi connectivity index (χ3v) is 2.95. The van der Waals surface area contributed by atoms with Gasteiger partial charge in [0.25, 0.3) is 5.91 Å². The Morgan fingerprint density at radius 2 is 1.81 bits per heavy atom. The minimum Gasteiger partial charge on any atom is -0.399 e. The molecule has 4 N–H and O–H groups in total. The summed E-state index contributed by atoms with van der Waals surface area (Å²) in [6.07, 6.45) is 0. The van der Waals surface area contributed by atoms with Crippen molar-refractivity contribution < 1.29 is 9.59 Å². The molecule has 0 fully saturated rings. The zero-order valence-electron chi connectivity index (χ0n) is 11.9. The van der Waals surface area contributed by atoms with Crippen LogP contribution >= 0.6 is 0 Å². The first-order valence-corrected chi connectivity index (χ1v) is 6.51. The summed E-state index contributed by atoms with van der Waals surface area (Å²) in [5.74, 6) is -0.405. The van der Waals surface area contributed by atoms with Crippen LogP contribution in [0.25, 0.3) is 0 Å². The lowest BCUT2D eigenvalue weighted by Gasteiger charge is -2.10. The first-order valence-electron chi connectivity index (χ1n) is 6.51. The standard InChI is InChI=1S/C16H17N3O2/c1-10-6-7-14(9-15(10)18-11(2)20)19-16(21)12-4-3-5-13(17)8-12/h3-9H,17H2,1-2H3,(H,18,20)(H,19,21). The van der Waals surface area contributed by atoms with E-state index in [4.69, 9.17) is 5.73 Å².